The summed E-state index contributed by atoms with van der Waals surface area (Å²) in [7, 11) is 0. The molecule has 2 heterocycles. The molecule has 1 saturated heterocycles. The summed E-state index contributed by atoms with van der Waals surface area (Å²) < 4.78 is 5.46. The Morgan fingerprint density at radius 3 is 2.95 bits per heavy atom. The van der Waals surface area contributed by atoms with E-state index in [9.17, 15) is 4.79 Å². The van der Waals surface area contributed by atoms with E-state index in [0.29, 0.717) is 22.6 Å². The van der Waals surface area contributed by atoms with Crippen LogP contribution in [-0.2, 0) is 11.2 Å². The van der Waals surface area contributed by atoms with E-state index in [0.717, 1.165) is 25.2 Å². The van der Waals surface area contributed by atoms with Crippen LogP contribution in [0.2, 0.25) is 5.02 Å². The Hall–Kier alpha value is -1.85. The predicted molar refractivity (Wildman–Crippen MR) is 84.7 cm³/mol. The molecular formula is C16H18ClN3O2. The van der Waals surface area contributed by atoms with Gasteiger partial charge in [-0.3, -0.25) is 4.79 Å². The molecule has 0 unspecified atom stereocenters. The Kier molecular flexibility index (Phi) is 4.45. The summed E-state index contributed by atoms with van der Waals surface area (Å²) in [6.45, 7) is 4.39. The smallest absolute Gasteiger partial charge is 0.228 e. The van der Waals surface area contributed by atoms with Crippen molar-refractivity contribution < 1.29 is 9.21 Å². The molecule has 0 bridgehead atoms. The SMILES string of the molecule is C[C@H]1CN(C(=O)Cc2coc(-c3ccc(Cl)cc3)n2)CCN1. The Labute approximate surface area is 134 Å². The average Bonchev–Trinajstić information content (AvgIpc) is 2.96. The summed E-state index contributed by atoms with van der Waals surface area (Å²) in [5.74, 6) is 0.595. The van der Waals surface area contributed by atoms with Crippen LogP contribution in [0.15, 0.2) is 34.9 Å². The van der Waals surface area contributed by atoms with Gasteiger partial charge in [0.2, 0.25) is 11.8 Å². The Bertz CT molecular complexity index is 654. The van der Waals surface area contributed by atoms with Crippen LogP contribution < -0.4 is 5.32 Å². The summed E-state index contributed by atoms with van der Waals surface area (Å²) in [6, 6.07) is 7.59. The van der Waals surface area contributed by atoms with E-state index in [1.807, 2.05) is 17.0 Å². The third-order valence-corrected chi connectivity index (χ3v) is 3.95. The molecule has 22 heavy (non-hydrogen) atoms. The van der Waals surface area contributed by atoms with Gasteiger partial charge in [0.1, 0.15) is 6.26 Å². The fraction of sp³-hybridized carbons (Fsp3) is 0.375. The molecule has 0 saturated carbocycles. The fourth-order valence-electron chi connectivity index (χ4n) is 2.54. The third-order valence-electron chi connectivity index (χ3n) is 3.70. The maximum absolute atomic E-state index is 12.3. The fourth-order valence-corrected chi connectivity index (χ4v) is 2.66. The molecule has 1 amide bonds. The number of rotatable bonds is 3. The van der Waals surface area contributed by atoms with Crippen molar-refractivity contribution in [3.05, 3.63) is 41.2 Å². The molecule has 1 aromatic heterocycles. The maximum atomic E-state index is 12.3. The number of oxazole rings is 1. The number of hydrogen-bond acceptors (Lipinski definition) is 4. The Morgan fingerprint density at radius 1 is 1.45 bits per heavy atom. The second kappa shape index (κ2) is 6.50. The van der Waals surface area contributed by atoms with Crippen molar-refractivity contribution in [1.82, 2.24) is 15.2 Å². The van der Waals surface area contributed by atoms with Crippen LogP contribution in [0.3, 0.4) is 0 Å². The topological polar surface area (TPSA) is 58.4 Å². The largest absolute Gasteiger partial charge is 0.444 e. The summed E-state index contributed by atoms with van der Waals surface area (Å²) in [6.07, 6.45) is 1.82. The van der Waals surface area contributed by atoms with Crippen molar-refractivity contribution in [2.45, 2.75) is 19.4 Å². The first-order valence-electron chi connectivity index (χ1n) is 7.33. The molecule has 2 aromatic rings. The van der Waals surface area contributed by atoms with Crippen LogP contribution in [-0.4, -0.2) is 41.5 Å². The monoisotopic (exact) mass is 319 g/mol. The lowest BCUT2D eigenvalue weighted by molar-refractivity contribution is -0.131. The second-order valence-electron chi connectivity index (χ2n) is 5.52. The van der Waals surface area contributed by atoms with Crippen LogP contribution in [0.5, 0.6) is 0 Å². The van der Waals surface area contributed by atoms with Gasteiger partial charge in [0.15, 0.2) is 0 Å². The normalized spacial score (nSPS) is 18.5. The Morgan fingerprint density at radius 2 is 2.23 bits per heavy atom. The Balaban J connectivity index is 1.66. The molecule has 5 nitrogen and oxygen atoms in total. The first kappa shape index (κ1) is 15.1. The molecule has 1 atom stereocenters. The number of amides is 1. The highest BCUT2D eigenvalue weighted by molar-refractivity contribution is 6.30. The van der Waals surface area contributed by atoms with E-state index < -0.39 is 0 Å². The van der Waals surface area contributed by atoms with Crippen molar-refractivity contribution in [2.75, 3.05) is 19.6 Å². The first-order chi connectivity index (χ1) is 10.6. The lowest BCUT2D eigenvalue weighted by atomic mass is 10.2. The second-order valence-corrected chi connectivity index (χ2v) is 5.96. The zero-order valence-corrected chi connectivity index (χ0v) is 13.1. The van der Waals surface area contributed by atoms with Crippen LogP contribution in [0.25, 0.3) is 11.5 Å². The van der Waals surface area contributed by atoms with Gasteiger partial charge in [-0.05, 0) is 31.2 Å². The molecule has 0 aliphatic carbocycles. The number of nitrogens with one attached hydrogen (secondary N) is 1. The van der Waals surface area contributed by atoms with Crippen LogP contribution in [0, 0.1) is 0 Å². The van der Waals surface area contributed by atoms with Crippen LogP contribution in [0.4, 0.5) is 0 Å². The highest BCUT2D eigenvalue weighted by Gasteiger charge is 2.21. The van der Waals surface area contributed by atoms with Gasteiger partial charge < -0.3 is 14.6 Å². The number of halogens is 1. The van der Waals surface area contributed by atoms with Crippen molar-refractivity contribution >= 4 is 17.5 Å². The zero-order valence-electron chi connectivity index (χ0n) is 12.4. The van der Waals surface area contributed by atoms with E-state index >= 15 is 0 Å². The van der Waals surface area contributed by atoms with Crippen LogP contribution >= 0.6 is 11.6 Å². The number of nitrogens with zero attached hydrogens (tertiary/aromatic N) is 2. The van der Waals surface area contributed by atoms with E-state index in [-0.39, 0.29) is 12.3 Å². The number of hydrogen-bond donors (Lipinski definition) is 1. The van der Waals surface area contributed by atoms with Gasteiger partial charge >= 0.3 is 0 Å². The van der Waals surface area contributed by atoms with Crippen LogP contribution in [0.1, 0.15) is 12.6 Å². The van der Waals surface area contributed by atoms with Crippen molar-refractivity contribution in [3.8, 4) is 11.5 Å². The van der Waals surface area contributed by atoms with Gasteiger partial charge in [-0.25, -0.2) is 4.98 Å². The summed E-state index contributed by atoms with van der Waals surface area (Å²) in [5, 5.41) is 3.99. The quantitative estimate of drug-likeness (QED) is 0.943. The summed E-state index contributed by atoms with van der Waals surface area (Å²) in [5.41, 5.74) is 1.50. The number of aromatic nitrogens is 1. The molecule has 1 aliphatic rings. The highest BCUT2D eigenvalue weighted by Crippen LogP contribution is 2.21. The van der Waals surface area contributed by atoms with Gasteiger partial charge in [-0.15, -0.1) is 0 Å². The van der Waals surface area contributed by atoms with E-state index in [1.165, 1.54) is 0 Å². The molecule has 0 radical (unpaired) electrons. The first-order valence-corrected chi connectivity index (χ1v) is 7.71. The third kappa shape index (κ3) is 3.48. The molecule has 3 rings (SSSR count). The van der Waals surface area contributed by atoms with Crippen molar-refractivity contribution in [3.63, 3.8) is 0 Å². The van der Waals surface area contributed by atoms with Gasteiger partial charge in [0.05, 0.1) is 12.1 Å². The molecule has 0 spiro atoms. The minimum Gasteiger partial charge on any atom is -0.444 e. The molecule has 1 fully saturated rings. The predicted octanol–water partition coefficient (Wildman–Crippen LogP) is 2.36. The molecule has 116 valence electrons. The van der Waals surface area contributed by atoms with E-state index in [1.54, 1.807) is 18.4 Å². The minimum atomic E-state index is 0.0873. The van der Waals surface area contributed by atoms with Gasteiger partial charge in [-0.2, -0.15) is 0 Å². The molecule has 1 aromatic carbocycles. The van der Waals surface area contributed by atoms with Crippen molar-refractivity contribution in [1.29, 1.82) is 0 Å². The van der Waals surface area contributed by atoms with E-state index in [2.05, 4.69) is 17.2 Å². The molecular weight excluding hydrogens is 302 g/mol. The number of carbonyl (C=O) groups is 1. The maximum Gasteiger partial charge on any atom is 0.228 e. The number of carbonyl (C=O) groups excluding carboxylic acids is 1. The highest BCUT2D eigenvalue weighted by atomic mass is 35.5. The number of benzene rings is 1. The molecule has 1 aliphatic heterocycles. The number of piperazine rings is 1. The minimum absolute atomic E-state index is 0.0873. The summed E-state index contributed by atoms with van der Waals surface area (Å²) in [4.78, 5) is 18.6. The summed E-state index contributed by atoms with van der Waals surface area (Å²) >= 11 is 5.86. The van der Waals surface area contributed by atoms with Gasteiger partial charge in [-0.1, -0.05) is 11.6 Å². The average molecular weight is 320 g/mol. The van der Waals surface area contributed by atoms with E-state index in [4.69, 9.17) is 16.0 Å². The zero-order chi connectivity index (χ0) is 15.5. The lowest BCUT2D eigenvalue weighted by Crippen LogP contribution is -2.51. The standard InChI is InChI=1S/C16H18ClN3O2/c1-11-9-20(7-6-18-11)15(21)8-14-10-22-16(19-14)12-2-4-13(17)5-3-12/h2-5,10-11,18H,6-9H2,1H3/t11-/m0/s1. The van der Waals surface area contributed by atoms with Gasteiger partial charge in [0.25, 0.3) is 0 Å². The van der Waals surface area contributed by atoms with Crippen molar-refractivity contribution in [2.24, 2.45) is 0 Å². The lowest BCUT2D eigenvalue weighted by Gasteiger charge is -2.31. The molecule has 1 N–H and O–H groups in total. The molecule has 6 heteroatoms. The van der Waals surface area contributed by atoms with Gasteiger partial charge in [0, 0.05) is 36.3 Å².